The summed E-state index contributed by atoms with van der Waals surface area (Å²) in [6.45, 7) is 0.517. The van der Waals surface area contributed by atoms with Crippen LogP contribution < -0.4 is 10.2 Å². The van der Waals surface area contributed by atoms with Gasteiger partial charge in [0.15, 0.2) is 0 Å². The molecule has 0 bridgehead atoms. The van der Waals surface area contributed by atoms with E-state index in [4.69, 9.17) is 0 Å². The van der Waals surface area contributed by atoms with Crippen molar-refractivity contribution >= 4 is 28.7 Å². The Morgan fingerprint density at radius 1 is 1.06 bits per heavy atom. The molecule has 1 saturated heterocycles. The zero-order valence-electron chi connectivity index (χ0n) is 18.5. The Balaban J connectivity index is 1.53. The monoisotopic (exact) mass is 479 g/mol. The number of nitrogens with one attached hydrogen (secondary N) is 1. The molecule has 0 saturated carbocycles. The molecule has 0 aliphatic carbocycles. The summed E-state index contributed by atoms with van der Waals surface area (Å²) in [5, 5.41) is 6.67. The van der Waals surface area contributed by atoms with E-state index in [1.54, 1.807) is 59.3 Å². The number of fused-ring (bicyclic) bond motifs is 1. The molecule has 1 aliphatic rings. The van der Waals surface area contributed by atoms with E-state index in [2.05, 4.69) is 15.4 Å². The molecule has 5 rings (SSSR count). The van der Waals surface area contributed by atoms with Crippen molar-refractivity contribution in [1.29, 1.82) is 0 Å². The maximum absolute atomic E-state index is 13.6. The number of amides is 2. The molecule has 7 nitrogen and oxygen atoms in total. The number of alkyl halides is 2. The molecule has 178 valence electrons. The molecular weight excluding hydrogens is 459 g/mol. The largest absolute Gasteiger partial charge is 0.345 e. The van der Waals surface area contributed by atoms with Crippen LogP contribution in [-0.2, 0) is 9.59 Å². The second-order valence-electron chi connectivity index (χ2n) is 8.40. The number of carbonyl (C=O) groups is 2. The number of benzene rings is 2. The van der Waals surface area contributed by atoms with Crippen molar-refractivity contribution in [3.8, 4) is 5.69 Å². The number of hydrogen-bond acceptors (Lipinski definition) is 4. The third kappa shape index (κ3) is 4.23. The first-order chi connectivity index (χ1) is 16.7. The predicted molar refractivity (Wildman–Crippen MR) is 123 cm³/mol. The number of carbonyl (C=O) groups excluding carboxylic acids is 2. The van der Waals surface area contributed by atoms with Gasteiger partial charge in [-0.05, 0) is 42.0 Å². The van der Waals surface area contributed by atoms with Crippen LogP contribution in [0.15, 0.2) is 72.9 Å². The smallest absolute Gasteiger partial charge is 0.321 e. The van der Waals surface area contributed by atoms with E-state index in [-0.39, 0.29) is 18.1 Å². The molecule has 2 atom stereocenters. The molecule has 1 fully saturated rings. The lowest BCUT2D eigenvalue weighted by molar-refractivity contribution is -0.143. The molecule has 2 unspecified atom stereocenters. The highest BCUT2D eigenvalue weighted by Gasteiger charge is 2.45. The zero-order chi connectivity index (χ0) is 24.7. The summed E-state index contributed by atoms with van der Waals surface area (Å²) in [6, 6.07) is 16.5. The van der Waals surface area contributed by atoms with Gasteiger partial charge in [-0.25, -0.2) is 14.1 Å². The van der Waals surface area contributed by atoms with Crippen LogP contribution in [0.5, 0.6) is 0 Å². The Bertz CT molecular complexity index is 1400. The average Bonchev–Trinajstić information content (AvgIpc) is 3.39. The quantitative estimate of drug-likeness (QED) is 0.466. The van der Waals surface area contributed by atoms with Gasteiger partial charge in [0.25, 0.3) is 5.91 Å². The first kappa shape index (κ1) is 22.6. The molecule has 4 aromatic rings. The standard InChI is InChI=1S/C25H20F3N5O2/c1-25(27,28)24(35)31-18-13-22(34)32(23(18)15-5-3-2-4-6-15)21-12-11-20-19(30-21)14-29-33(20)17-9-7-16(26)8-10-17/h2-12,14,18,23H,13H2,1H3,(H,31,35). The van der Waals surface area contributed by atoms with Crippen LogP contribution in [0.1, 0.15) is 24.9 Å². The van der Waals surface area contributed by atoms with Crippen LogP contribution in [0.2, 0.25) is 0 Å². The Labute approximate surface area is 198 Å². The minimum absolute atomic E-state index is 0.157. The lowest BCUT2D eigenvalue weighted by Crippen LogP contribution is -2.46. The maximum Gasteiger partial charge on any atom is 0.321 e. The number of halogens is 3. The SMILES string of the molecule is CC(F)(F)C(=O)NC1CC(=O)N(c2ccc3c(cnn3-c3ccc(F)cc3)n2)C1c1ccccc1. The van der Waals surface area contributed by atoms with Gasteiger partial charge in [0.2, 0.25) is 5.91 Å². The Morgan fingerprint density at radius 3 is 2.46 bits per heavy atom. The van der Waals surface area contributed by atoms with Crippen molar-refractivity contribution in [2.45, 2.75) is 31.4 Å². The Morgan fingerprint density at radius 2 is 1.77 bits per heavy atom. The number of rotatable bonds is 5. The van der Waals surface area contributed by atoms with Gasteiger partial charge >= 0.3 is 5.92 Å². The van der Waals surface area contributed by atoms with Gasteiger partial charge in [-0.1, -0.05) is 30.3 Å². The molecule has 3 heterocycles. The Kier molecular flexibility index (Phi) is 5.50. The molecule has 2 amide bonds. The van der Waals surface area contributed by atoms with Crippen LogP contribution in [0, 0.1) is 5.82 Å². The molecule has 1 aliphatic heterocycles. The fraction of sp³-hybridized carbons (Fsp3) is 0.200. The van der Waals surface area contributed by atoms with E-state index in [0.29, 0.717) is 35.0 Å². The highest BCUT2D eigenvalue weighted by atomic mass is 19.3. The summed E-state index contributed by atoms with van der Waals surface area (Å²) in [6.07, 6.45) is 1.37. The van der Waals surface area contributed by atoms with Gasteiger partial charge in [-0.2, -0.15) is 13.9 Å². The van der Waals surface area contributed by atoms with E-state index in [1.807, 2.05) is 0 Å². The van der Waals surface area contributed by atoms with Crippen LogP contribution in [0.25, 0.3) is 16.7 Å². The van der Waals surface area contributed by atoms with Crippen molar-refractivity contribution in [2.75, 3.05) is 4.90 Å². The summed E-state index contributed by atoms with van der Waals surface area (Å²) >= 11 is 0. The molecular formula is C25H20F3N5O2. The zero-order valence-corrected chi connectivity index (χ0v) is 18.5. The van der Waals surface area contributed by atoms with E-state index in [9.17, 15) is 22.8 Å². The number of hydrogen-bond donors (Lipinski definition) is 1. The van der Waals surface area contributed by atoms with Crippen molar-refractivity contribution in [3.63, 3.8) is 0 Å². The van der Waals surface area contributed by atoms with E-state index in [0.717, 1.165) is 0 Å². The van der Waals surface area contributed by atoms with Crippen LogP contribution >= 0.6 is 0 Å². The number of anilines is 1. The lowest BCUT2D eigenvalue weighted by atomic mass is 9.99. The number of pyridine rings is 1. The van der Waals surface area contributed by atoms with E-state index in [1.165, 1.54) is 23.2 Å². The fourth-order valence-corrected chi connectivity index (χ4v) is 4.29. The second kappa shape index (κ2) is 8.53. The summed E-state index contributed by atoms with van der Waals surface area (Å²) in [5.74, 6) is -5.45. The third-order valence-electron chi connectivity index (χ3n) is 5.91. The second-order valence-corrected chi connectivity index (χ2v) is 8.40. The topological polar surface area (TPSA) is 80.1 Å². The van der Waals surface area contributed by atoms with Crippen molar-refractivity contribution in [3.05, 3.63) is 84.3 Å². The van der Waals surface area contributed by atoms with Gasteiger partial charge < -0.3 is 5.32 Å². The van der Waals surface area contributed by atoms with Gasteiger partial charge in [0.05, 0.1) is 29.5 Å². The molecule has 0 spiro atoms. The molecule has 35 heavy (non-hydrogen) atoms. The third-order valence-corrected chi connectivity index (χ3v) is 5.91. The van der Waals surface area contributed by atoms with Gasteiger partial charge in [0, 0.05) is 13.3 Å². The summed E-state index contributed by atoms with van der Waals surface area (Å²) < 4.78 is 42.1. The summed E-state index contributed by atoms with van der Waals surface area (Å²) in [5.41, 5.74) is 2.43. The first-order valence-electron chi connectivity index (χ1n) is 10.9. The average molecular weight is 479 g/mol. The van der Waals surface area contributed by atoms with Crippen molar-refractivity contribution < 1.29 is 22.8 Å². The highest BCUT2D eigenvalue weighted by molar-refractivity contribution is 5.98. The molecule has 0 radical (unpaired) electrons. The van der Waals surface area contributed by atoms with Crippen LogP contribution in [0.3, 0.4) is 0 Å². The van der Waals surface area contributed by atoms with Crippen molar-refractivity contribution in [1.82, 2.24) is 20.1 Å². The molecule has 2 aromatic heterocycles. The predicted octanol–water partition coefficient (Wildman–Crippen LogP) is 4.18. The highest BCUT2D eigenvalue weighted by Crippen LogP contribution is 2.37. The van der Waals surface area contributed by atoms with E-state index >= 15 is 0 Å². The van der Waals surface area contributed by atoms with Gasteiger partial charge in [-0.3, -0.25) is 14.5 Å². The fourth-order valence-electron chi connectivity index (χ4n) is 4.29. The van der Waals surface area contributed by atoms with Crippen LogP contribution in [0.4, 0.5) is 19.0 Å². The minimum Gasteiger partial charge on any atom is -0.345 e. The van der Waals surface area contributed by atoms with Crippen LogP contribution in [-0.4, -0.2) is 38.5 Å². The maximum atomic E-state index is 13.6. The van der Waals surface area contributed by atoms with Crippen molar-refractivity contribution in [2.24, 2.45) is 0 Å². The van der Waals surface area contributed by atoms with Gasteiger partial charge in [0.1, 0.15) is 17.2 Å². The normalized spacial score (nSPS) is 18.3. The molecule has 1 N–H and O–H groups in total. The molecule has 2 aromatic carbocycles. The summed E-state index contributed by atoms with van der Waals surface area (Å²) in [7, 11) is 0. The van der Waals surface area contributed by atoms with Gasteiger partial charge in [-0.15, -0.1) is 0 Å². The first-order valence-corrected chi connectivity index (χ1v) is 10.9. The molecule has 10 heteroatoms. The Hall–Kier alpha value is -4.21. The summed E-state index contributed by atoms with van der Waals surface area (Å²) in [4.78, 5) is 31.1. The lowest BCUT2D eigenvalue weighted by Gasteiger charge is -2.29. The number of aromatic nitrogens is 3. The number of nitrogens with zero attached hydrogens (tertiary/aromatic N) is 4. The van der Waals surface area contributed by atoms with E-state index < -0.39 is 23.9 Å². The minimum atomic E-state index is -3.58.